The van der Waals surface area contributed by atoms with Crippen LogP contribution < -0.4 is 0 Å². The highest BCUT2D eigenvalue weighted by atomic mass is 32.2. The van der Waals surface area contributed by atoms with Gasteiger partial charge in [0.25, 0.3) is 0 Å². The average molecular weight is 243 g/mol. The van der Waals surface area contributed by atoms with Gasteiger partial charge in [-0.1, -0.05) is 0 Å². The maximum absolute atomic E-state index is 4.43. The van der Waals surface area contributed by atoms with E-state index in [-0.39, 0.29) is 0 Å². The summed E-state index contributed by atoms with van der Waals surface area (Å²) >= 11 is 1.51. The molecule has 0 unspecified atom stereocenters. The third-order valence-corrected chi connectivity index (χ3v) is 3.29. The zero-order chi connectivity index (χ0) is 11.7. The van der Waals surface area contributed by atoms with Gasteiger partial charge < -0.3 is 4.57 Å². The summed E-state index contributed by atoms with van der Waals surface area (Å²) in [5, 5.41) is 1.77. The number of pyridine rings is 1. The second kappa shape index (κ2) is 4.14. The number of hydrogen-bond donors (Lipinski definition) is 0. The fraction of sp³-hybridized carbons (Fsp3) is 0.0909. The summed E-state index contributed by atoms with van der Waals surface area (Å²) in [6, 6.07) is 3.84. The summed E-state index contributed by atoms with van der Waals surface area (Å²) in [5.74, 6) is 0. The largest absolute Gasteiger partial charge is 0.329 e. The SMILES string of the molecule is Cn1ccnc1Sc1ccc2nccnc2n1. The summed E-state index contributed by atoms with van der Waals surface area (Å²) in [5.41, 5.74) is 1.46. The molecule has 5 nitrogen and oxygen atoms in total. The van der Waals surface area contributed by atoms with Crippen molar-refractivity contribution < 1.29 is 0 Å². The molecule has 0 aliphatic heterocycles. The summed E-state index contributed by atoms with van der Waals surface area (Å²) in [4.78, 5) is 17.0. The molecule has 3 heterocycles. The Morgan fingerprint density at radius 3 is 2.76 bits per heavy atom. The topological polar surface area (TPSA) is 56.5 Å². The van der Waals surface area contributed by atoms with Crippen LogP contribution >= 0.6 is 11.8 Å². The first-order valence-electron chi connectivity index (χ1n) is 5.06. The van der Waals surface area contributed by atoms with E-state index in [9.17, 15) is 0 Å². The molecule has 3 aromatic rings. The van der Waals surface area contributed by atoms with Gasteiger partial charge in [0.05, 0.1) is 0 Å². The van der Waals surface area contributed by atoms with Crippen molar-refractivity contribution in [3.8, 4) is 0 Å². The van der Waals surface area contributed by atoms with E-state index in [0.717, 1.165) is 15.7 Å². The van der Waals surface area contributed by atoms with Gasteiger partial charge in [0.2, 0.25) is 0 Å². The molecule has 0 saturated heterocycles. The molecule has 6 heteroatoms. The number of fused-ring (bicyclic) bond motifs is 1. The molecule has 17 heavy (non-hydrogen) atoms. The predicted molar refractivity (Wildman–Crippen MR) is 64.7 cm³/mol. The van der Waals surface area contributed by atoms with Crippen LogP contribution in [-0.4, -0.2) is 24.5 Å². The normalized spacial score (nSPS) is 10.9. The third kappa shape index (κ3) is 1.99. The first kappa shape index (κ1) is 10.2. The van der Waals surface area contributed by atoms with Gasteiger partial charge in [-0.25, -0.2) is 15.0 Å². The van der Waals surface area contributed by atoms with E-state index < -0.39 is 0 Å². The minimum absolute atomic E-state index is 0.659. The molecule has 3 aromatic heterocycles. The van der Waals surface area contributed by atoms with Crippen molar-refractivity contribution in [1.29, 1.82) is 0 Å². The zero-order valence-electron chi connectivity index (χ0n) is 9.11. The Bertz CT molecular complexity index is 664. The minimum Gasteiger partial charge on any atom is -0.329 e. The number of aryl methyl sites for hydroxylation is 1. The number of hydrogen-bond acceptors (Lipinski definition) is 5. The molecule has 0 atom stereocenters. The van der Waals surface area contributed by atoms with Gasteiger partial charge >= 0.3 is 0 Å². The Hall–Kier alpha value is -1.95. The van der Waals surface area contributed by atoms with Crippen molar-refractivity contribution in [3.05, 3.63) is 36.9 Å². The summed E-state index contributed by atoms with van der Waals surface area (Å²) in [6.45, 7) is 0. The predicted octanol–water partition coefficient (Wildman–Crippen LogP) is 1.91. The van der Waals surface area contributed by atoms with Gasteiger partial charge in [-0.15, -0.1) is 0 Å². The summed E-state index contributed by atoms with van der Waals surface area (Å²) in [7, 11) is 1.95. The van der Waals surface area contributed by atoms with E-state index in [1.807, 2.05) is 29.9 Å². The quantitative estimate of drug-likeness (QED) is 0.688. The lowest BCUT2D eigenvalue weighted by molar-refractivity contribution is 0.789. The molecule has 0 amide bonds. The van der Waals surface area contributed by atoms with Crippen LogP contribution in [0.4, 0.5) is 0 Å². The Morgan fingerprint density at radius 1 is 1.06 bits per heavy atom. The highest BCUT2D eigenvalue weighted by Crippen LogP contribution is 2.24. The van der Waals surface area contributed by atoms with Gasteiger partial charge in [0.1, 0.15) is 10.5 Å². The van der Waals surface area contributed by atoms with Gasteiger partial charge in [0.15, 0.2) is 10.8 Å². The summed E-state index contributed by atoms with van der Waals surface area (Å²) in [6.07, 6.45) is 6.98. The van der Waals surface area contributed by atoms with E-state index in [1.165, 1.54) is 11.8 Å². The zero-order valence-corrected chi connectivity index (χ0v) is 9.92. The van der Waals surface area contributed by atoms with Crippen molar-refractivity contribution in [1.82, 2.24) is 24.5 Å². The molecule has 0 fully saturated rings. The van der Waals surface area contributed by atoms with Crippen molar-refractivity contribution in [2.24, 2.45) is 7.05 Å². The Labute approximate surface area is 102 Å². The van der Waals surface area contributed by atoms with E-state index in [4.69, 9.17) is 0 Å². The van der Waals surface area contributed by atoms with Crippen molar-refractivity contribution >= 4 is 22.9 Å². The average Bonchev–Trinajstić information content (AvgIpc) is 2.75. The molecule has 3 rings (SSSR count). The van der Waals surface area contributed by atoms with Crippen LogP contribution in [0.25, 0.3) is 11.2 Å². The monoisotopic (exact) mass is 243 g/mol. The fourth-order valence-corrected chi connectivity index (χ4v) is 2.21. The molecular formula is C11H9N5S. The van der Waals surface area contributed by atoms with Gasteiger partial charge in [-0.3, -0.25) is 4.98 Å². The molecule has 0 aromatic carbocycles. The van der Waals surface area contributed by atoms with E-state index in [0.29, 0.717) is 5.65 Å². The Kier molecular flexibility index (Phi) is 2.49. The lowest BCUT2D eigenvalue weighted by Gasteiger charge is -2.01. The van der Waals surface area contributed by atoms with Crippen molar-refractivity contribution in [2.45, 2.75) is 10.2 Å². The van der Waals surface area contributed by atoms with Gasteiger partial charge in [0, 0.05) is 31.8 Å². The second-order valence-corrected chi connectivity index (χ2v) is 4.46. The van der Waals surface area contributed by atoms with Crippen LogP contribution in [-0.2, 0) is 7.05 Å². The van der Waals surface area contributed by atoms with E-state index in [1.54, 1.807) is 18.6 Å². The smallest absolute Gasteiger partial charge is 0.179 e. The first-order valence-corrected chi connectivity index (χ1v) is 5.87. The van der Waals surface area contributed by atoms with Crippen LogP contribution in [0, 0.1) is 0 Å². The third-order valence-electron chi connectivity index (χ3n) is 2.28. The van der Waals surface area contributed by atoms with Crippen LogP contribution in [0.2, 0.25) is 0 Å². The number of aromatic nitrogens is 5. The van der Waals surface area contributed by atoms with Gasteiger partial charge in [-0.2, -0.15) is 0 Å². The highest BCUT2D eigenvalue weighted by molar-refractivity contribution is 7.99. The number of rotatable bonds is 2. The molecule has 0 aliphatic rings. The standard InChI is InChI=1S/C11H9N5S/c1-16-7-6-14-11(16)17-9-3-2-8-10(15-9)13-5-4-12-8/h2-7H,1H3. The minimum atomic E-state index is 0.659. The molecule has 0 spiro atoms. The number of imidazole rings is 1. The highest BCUT2D eigenvalue weighted by Gasteiger charge is 2.05. The molecule has 0 radical (unpaired) electrons. The maximum Gasteiger partial charge on any atom is 0.179 e. The van der Waals surface area contributed by atoms with E-state index >= 15 is 0 Å². The molecular weight excluding hydrogens is 234 g/mol. The molecule has 0 N–H and O–H groups in total. The lowest BCUT2D eigenvalue weighted by atomic mass is 10.4. The first-order chi connectivity index (χ1) is 8.33. The second-order valence-electron chi connectivity index (χ2n) is 3.47. The Balaban J connectivity index is 1.99. The fourth-order valence-electron chi connectivity index (χ4n) is 1.44. The van der Waals surface area contributed by atoms with Crippen LogP contribution in [0.3, 0.4) is 0 Å². The van der Waals surface area contributed by atoms with Crippen LogP contribution in [0.5, 0.6) is 0 Å². The van der Waals surface area contributed by atoms with Gasteiger partial charge in [-0.05, 0) is 23.9 Å². The molecule has 0 saturated carbocycles. The molecule has 0 aliphatic carbocycles. The number of nitrogens with zero attached hydrogens (tertiary/aromatic N) is 5. The van der Waals surface area contributed by atoms with Crippen LogP contribution in [0.1, 0.15) is 0 Å². The Morgan fingerprint density at radius 2 is 1.94 bits per heavy atom. The van der Waals surface area contributed by atoms with Crippen LogP contribution in [0.15, 0.2) is 47.1 Å². The molecule has 84 valence electrons. The summed E-state index contributed by atoms with van der Waals surface area (Å²) < 4.78 is 1.95. The van der Waals surface area contributed by atoms with Crippen molar-refractivity contribution in [2.75, 3.05) is 0 Å². The molecule has 0 bridgehead atoms. The van der Waals surface area contributed by atoms with E-state index in [2.05, 4.69) is 19.9 Å². The van der Waals surface area contributed by atoms with Crippen molar-refractivity contribution in [3.63, 3.8) is 0 Å². The maximum atomic E-state index is 4.43. The lowest BCUT2D eigenvalue weighted by Crippen LogP contribution is -1.91.